The predicted octanol–water partition coefficient (Wildman–Crippen LogP) is 4.12. The number of rotatable bonds is 3. The maximum Gasteiger partial charge on any atom is 0.221 e. The van der Waals surface area contributed by atoms with Gasteiger partial charge in [-0.3, -0.25) is 4.79 Å². The lowest BCUT2D eigenvalue weighted by Gasteiger charge is -2.11. The minimum Gasteiger partial charge on any atom is -0.505 e. The molecule has 2 rings (SSSR count). The molecule has 4 heteroatoms. The van der Waals surface area contributed by atoms with Crippen LogP contribution in [0.15, 0.2) is 46.2 Å². The number of phenols is 1. The van der Waals surface area contributed by atoms with Crippen LogP contribution >= 0.6 is 11.8 Å². The third kappa shape index (κ3) is 3.54. The van der Waals surface area contributed by atoms with Crippen LogP contribution in [0.2, 0.25) is 0 Å². The second kappa shape index (κ2) is 6.01. The molecule has 2 N–H and O–H groups in total. The third-order valence-corrected chi connectivity index (χ3v) is 3.82. The summed E-state index contributed by atoms with van der Waals surface area (Å²) in [5.41, 5.74) is 2.41. The molecule has 2 aromatic carbocycles. The zero-order valence-corrected chi connectivity index (χ0v) is 12.5. The van der Waals surface area contributed by atoms with Crippen molar-refractivity contribution in [3.63, 3.8) is 0 Å². The highest BCUT2D eigenvalue weighted by atomic mass is 32.2. The number of benzene rings is 2. The van der Waals surface area contributed by atoms with Gasteiger partial charge in [0.25, 0.3) is 0 Å². The molecule has 0 unspecified atom stereocenters. The van der Waals surface area contributed by atoms with Gasteiger partial charge in [-0.1, -0.05) is 29.5 Å². The van der Waals surface area contributed by atoms with Gasteiger partial charge in [-0.15, -0.1) is 0 Å². The number of nitrogens with one attached hydrogen (secondary N) is 1. The van der Waals surface area contributed by atoms with Crippen LogP contribution in [0.3, 0.4) is 0 Å². The number of carbonyl (C=O) groups excluding carboxylic acids is 1. The first kappa shape index (κ1) is 14.5. The van der Waals surface area contributed by atoms with E-state index in [9.17, 15) is 9.90 Å². The summed E-state index contributed by atoms with van der Waals surface area (Å²) >= 11 is 1.60. The maximum atomic E-state index is 11.2. The van der Waals surface area contributed by atoms with Crippen molar-refractivity contribution < 1.29 is 9.90 Å². The molecule has 0 saturated heterocycles. The van der Waals surface area contributed by atoms with Crippen LogP contribution in [0.25, 0.3) is 0 Å². The van der Waals surface area contributed by atoms with E-state index in [0.717, 1.165) is 15.4 Å². The standard InChI is InChI=1S/C16H17NO2S/c1-10-4-6-13(7-5-10)20-14-8-11(2)16(19)15(9-14)17-12(3)18/h4-9,19H,1-3H3,(H,17,18). The van der Waals surface area contributed by atoms with Crippen molar-refractivity contribution in [3.05, 3.63) is 47.5 Å². The van der Waals surface area contributed by atoms with E-state index in [-0.39, 0.29) is 11.7 Å². The Bertz CT molecular complexity index is 636. The highest BCUT2D eigenvalue weighted by Gasteiger charge is 2.09. The molecule has 0 radical (unpaired) electrons. The normalized spacial score (nSPS) is 10.3. The Morgan fingerprint density at radius 1 is 1.10 bits per heavy atom. The Labute approximate surface area is 123 Å². The zero-order chi connectivity index (χ0) is 14.7. The average molecular weight is 287 g/mol. The molecule has 0 aliphatic carbocycles. The molecule has 0 aliphatic rings. The summed E-state index contributed by atoms with van der Waals surface area (Å²) in [5.74, 6) is -0.0781. The summed E-state index contributed by atoms with van der Waals surface area (Å²) in [5, 5.41) is 12.6. The molecular formula is C16H17NO2S. The number of hydrogen-bond donors (Lipinski definition) is 2. The lowest BCUT2D eigenvalue weighted by atomic mass is 10.2. The van der Waals surface area contributed by atoms with Gasteiger partial charge in [-0.05, 0) is 43.7 Å². The van der Waals surface area contributed by atoms with E-state index in [1.807, 2.05) is 19.9 Å². The number of anilines is 1. The van der Waals surface area contributed by atoms with Gasteiger partial charge in [0.1, 0.15) is 5.75 Å². The van der Waals surface area contributed by atoms with Gasteiger partial charge in [0.15, 0.2) is 0 Å². The molecule has 0 fully saturated rings. The third-order valence-electron chi connectivity index (χ3n) is 2.84. The quantitative estimate of drug-likeness (QED) is 0.835. The van der Waals surface area contributed by atoms with E-state index in [2.05, 4.69) is 29.6 Å². The van der Waals surface area contributed by atoms with Crippen LogP contribution in [0.4, 0.5) is 5.69 Å². The van der Waals surface area contributed by atoms with Crippen molar-refractivity contribution >= 4 is 23.4 Å². The highest BCUT2D eigenvalue weighted by Crippen LogP contribution is 2.36. The number of carbonyl (C=O) groups is 1. The SMILES string of the molecule is CC(=O)Nc1cc(Sc2ccc(C)cc2)cc(C)c1O. The summed E-state index contributed by atoms with van der Waals surface area (Å²) in [6.45, 7) is 5.29. The van der Waals surface area contributed by atoms with Crippen LogP contribution in [0.5, 0.6) is 5.75 Å². The van der Waals surface area contributed by atoms with Crippen molar-refractivity contribution in [1.29, 1.82) is 0 Å². The van der Waals surface area contributed by atoms with Crippen molar-refractivity contribution in [2.75, 3.05) is 5.32 Å². The Balaban J connectivity index is 2.30. The molecule has 0 bridgehead atoms. The number of hydrogen-bond acceptors (Lipinski definition) is 3. The molecule has 104 valence electrons. The lowest BCUT2D eigenvalue weighted by molar-refractivity contribution is -0.114. The van der Waals surface area contributed by atoms with E-state index >= 15 is 0 Å². The number of aryl methyl sites for hydroxylation is 2. The summed E-state index contributed by atoms with van der Waals surface area (Å²) in [7, 11) is 0. The number of amides is 1. The first-order chi connectivity index (χ1) is 9.45. The Kier molecular flexibility index (Phi) is 4.35. The fraction of sp³-hybridized carbons (Fsp3) is 0.188. The van der Waals surface area contributed by atoms with E-state index < -0.39 is 0 Å². The van der Waals surface area contributed by atoms with Crippen LogP contribution in [-0.2, 0) is 4.79 Å². The minimum atomic E-state index is -0.197. The lowest BCUT2D eigenvalue weighted by Crippen LogP contribution is -2.06. The molecular weight excluding hydrogens is 270 g/mol. The molecule has 0 heterocycles. The fourth-order valence-electron chi connectivity index (χ4n) is 1.83. The van der Waals surface area contributed by atoms with Gasteiger partial charge in [0.05, 0.1) is 5.69 Å². The first-order valence-electron chi connectivity index (χ1n) is 6.31. The summed E-state index contributed by atoms with van der Waals surface area (Å²) in [6, 6.07) is 11.9. The maximum absolute atomic E-state index is 11.2. The predicted molar refractivity (Wildman–Crippen MR) is 82.4 cm³/mol. The molecule has 2 aromatic rings. The first-order valence-corrected chi connectivity index (χ1v) is 7.13. The summed E-state index contributed by atoms with van der Waals surface area (Å²) in [6.07, 6.45) is 0. The molecule has 1 amide bonds. The molecule has 0 spiro atoms. The molecule has 0 aliphatic heterocycles. The van der Waals surface area contributed by atoms with Gasteiger partial charge in [0, 0.05) is 16.7 Å². The molecule has 3 nitrogen and oxygen atoms in total. The summed E-state index contributed by atoms with van der Waals surface area (Å²) < 4.78 is 0. The minimum absolute atomic E-state index is 0.119. The Morgan fingerprint density at radius 3 is 2.35 bits per heavy atom. The molecule has 20 heavy (non-hydrogen) atoms. The average Bonchev–Trinajstić information content (AvgIpc) is 2.37. The second-order valence-corrected chi connectivity index (χ2v) is 5.88. The van der Waals surface area contributed by atoms with E-state index in [1.54, 1.807) is 17.8 Å². The molecule has 0 atom stereocenters. The van der Waals surface area contributed by atoms with E-state index in [1.165, 1.54) is 12.5 Å². The monoisotopic (exact) mass is 287 g/mol. The van der Waals surface area contributed by atoms with Crippen LogP contribution in [-0.4, -0.2) is 11.0 Å². The molecule has 0 saturated carbocycles. The topological polar surface area (TPSA) is 49.3 Å². The van der Waals surface area contributed by atoms with E-state index in [0.29, 0.717) is 5.69 Å². The van der Waals surface area contributed by atoms with Crippen LogP contribution < -0.4 is 5.32 Å². The van der Waals surface area contributed by atoms with Gasteiger partial charge >= 0.3 is 0 Å². The fourth-order valence-corrected chi connectivity index (χ4v) is 2.79. The number of phenolic OH excluding ortho intramolecular Hbond substituents is 1. The van der Waals surface area contributed by atoms with Crippen molar-refractivity contribution in [1.82, 2.24) is 0 Å². The van der Waals surface area contributed by atoms with Gasteiger partial charge in [0.2, 0.25) is 5.91 Å². The van der Waals surface area contributed by atoms with Crippen LogP contribution in [0, 0.1) is 13.8 Å². The van der Waals surface area contributed by atoms with Crippen molar-refractivity contribution in [2.45, 2.75) is 30.6 Å². The van der Waals surface area contributed by atoms with Gasteiger partial charge in [-0.25, -0.2) is 0 Å². The van der Waals surface area contributed by atoms with Crippen molar-refractivity contribution in [3.8, 4) is 5.75 Å². The van der Waals surface area contributed by atoms with Crippen molar-refractivity contribution in [2.24, 2.45) is 0 Å². The summed E-state index contributed by atoms with van der Waals surface area (Å²) in [4.78, 5) is 13.3. The molecule has 0 aromatic heterocycles. The van der Waals surface area contributed by atoms with Gasteiger partial charge in [-0.2, -0.15) is 0 Å². The Morgan fingerprint density at radius 2 is 1.75 bits per heavy atom. The Hall–Kier alpha value is -1.94. The van der Waals surface area contributed by atoms with E-state index in [4.69, 9.17) is 0 Å². The zero-order valence-electron chi connectivity index (χ0n) is 11.7. The highest BCUT2D eigenvalue weighted by molar-refractivity contribution is 7.99. The number of aromatic hydroxyl groups is 1. The largest absolute Gasteiger partial charge is 0.505 e. The second-order valence-electron chi connectivity index (χ2n) is 4.73. The smallest absolute Gasteiger partial charge is 0.221 e. The van der Waals surface area contributed by atoms with Gasteiger partial charge < -0.3 is 10.4 Å². The van der Waals surface area contributed by atoms with Crippen LogP contribution in [0.1, 0.15) is 18.1 Å².